The van der Waals surface area contributed by atoms with Gasteiger partial charge in [0.25, 0.3) is 0 Å². The number of ether oxygens (including phenoxy) is 4. The molecule has 3 rings (SSSR count). The lowest BCUT2D eigenvalue weighted by molar-refractivity contribution is -0.131. The Morgan fingerprint density at radius 2 is 1.58 bits per heavy atom. The van der Waals surface area contributed by atoms with Crippen molar-refractivity contribution in [2.45, 2.75) is 19.3 Å². The maximum atomic E-state index is 13.1. The Hall–Kier alpha value is -3.22. The van der Waals surface area contributed by atoms with Gasteiger partial charge in [0.05, 0.1) is 40.4 Å². The molecule has 2 aromatic carbocycles. The molecular formula is C24H29NO6. The first-order valence-electron chi connectivity index (χ1n) is 10.3. The van der Waals surface area contributed by atoms with E-state index in [2.05, 4.69) is 0 Å². The number of carbonyl (C=O) groups excluding carboxylic acids is 2. The Morgan fingerprint density at radius 3 is 2.19 bits per heavy atom. The Labute approximate surface area is 182 Å². The minimum atomic E-state index is -0.242. The molecule has 1 atom stereocenters. The normalized spacial score (nSPS) is 15.9. The molecule has 1 fully saturated rings. The highest BCUT2D eigenvalue weighted by Crippen LogP contribution is 2.38. The first-order chi connectivity index (χ1) is 15.0. The molecule has 0 aromatic heterocycles. The predicted molar refractivity (Wildman–Crippen MR) is 116 cm³/mol. The molecule has 0 radical (unpaired) electrons. The van der Waals surface area contributed by atoms with Crippen LogP contribution in [0.25, 0.3) is 0 Å². The van der Waals surface area contributed by atoms with Crippen molar-refractivity contribution in [3.05, 3.63) is 47.5 Å². The van der Waals surface area contributed by atoms with Crippen LogP contribution in [0.5, 0.6) is 23.0 Å². The standard InChI is InChI=1S/C24H29NO6/c1-28-19-10-6-5-9-18(19)23(27)17-8-7-11-25(15-17)22(26)14-16-12-20(29-2)24(31-4)21(13-16)30-3/h5-6,9-10,12-13,17H,7-8,11,14-15H2,1-4H3/t17-/m1/s1. The zero-order chi connectivity index (χ0) is 22.4. The van der Waals surface area contributed by atoms with Gasteiger partial charge in [-0.1, -0.05) is 12.1 Å². The molecule has 31 heavy (non-hydrogen) atoms. The number of piperidine rings is 1. The van der Waals surface area contributed by atoms with Gasteiger partial charge in [-0.15, -0.1) is 0 Å². The van der Waals surface area contributed by atoms with Crippen LogP contribution < -0.4 is 18.9 Å². The fraction of sp³-hybridized carbons (Fsp3) is 0.417. The summed E-state index contributed by atoms with van der Waals surface area (Å²) in [6, 6.07) is 10.8. The van der Waals surface area contributed by atoms with E-state index in [-0.39, 0.29) is 24.0 Å². The van der Waals surface area contributed by atoms with E-state index >= 15 is 0 Å². The van der Waals surface area contributed by atoms with Gasteiger partial charge in [-0.3, -0.25) is 9.59 Å². The summed E-state index contributed by atoms with van der Waals surface area (Å²) in [5.41, 5.74) is 1.33. The third kappa shape index (κ3) is 4.93. The Balaban J connectivity index is 1.73. The molecule has 0 spiro atoms. The second kappa shape index (κ2) is 10.2. The molecule has 0 saturated carbocycles. The first kappa shape index (κ1) is 22.5. The van der Waals surface area contributed by atoms with E-state index in [0.29, 0.717) is 41.7 Å². The zero-order valence-corrected chi connectivity index (χ0v) is 18.5. The largest absolute Gasteiger partial charge is 0.496 e. The van der Waals surface area contributed by atoms with E-state index in [1.807, 2.05) is 12.1 Å². The van der Waals surface area contributed by atoms with Crippen LogP contribution in [0.2, 0.25) is 0 Å². The number of carbonyl (C=O) groups is 2. The molecule has 1 aliphatic heterocycles. The van der Waals surface area contributed by atoms with Crippen LogP contribution in [0.1, 0.15) is 28.8 Å². The van der Waals surface area contributed by atoms with Crippen LogP contribution in [0.4, 0.5) is 0 Å². The lowest BCUT2D eigenvalue weighted by Crippen LogP contribution is -2.43. The fourth-order valence-electron chi connectivity index (χ4n) is 4.01. The molecule has 0 bridgehead atoms. The number of nitrogens with zero attached hydrogens (tertiary/aromatic N) is 1. The number of benzene rings is 2. The van der Waals surface area contributed by atoms with Crippen molar-refractivity contribution >= 4 is 11.7 Å². The van der Waals surface area contributed by atoms with E-state index in [0.717, 1.165) is 18.4 Å². The highest BCUT2D eigenvalue weighted by molar-refractivity contribution is 6.00. The van der Waals surface area contributed by atoms with Gasteiger partial charge in [0.15, 0.2) is 17.3 Å². The van der Waals surface area contributed by atoms with E-state index in [1.54, 1.807) is 50.5 Å². The zero-order valence-electron chi connectivity index (χ0n) is 18.5. The van der Waals surface area contributed by atoms with Gasteiger partial charge in [-0.2, -0.15) is 0 Å². The van der Waals surface area contributed by atoms with E-state index in [4.69, 9.17) is 18.9 Å². The van der Waals surface area contributed by atoms with Crippen molar-refractivity contribution in [1.82, 2.24) is 4.90 Å². The molecule has 1 amide bonds. The molecule has 166 valence electrons. The second-order valence-electron chi connectivity index (χ2n) is 7.45. The summed E-state index contributed by atoms with van der Waals surface area (Å²) in [5, 5.41) is 0. The number of likely N-dealkylation sites (tertiary alicyclic amines) is 1. The number of Topliss-reactive ketones (excluding diaryl/α,β-unsaturated/α-hetero) is 1. The van der Waals surface area contributed by atoms with Gasteiger partial charge >= 0.3 is 0 Å². The van der Waals surface area contributed by atoms with Crippen molar-refractivity contribution in [1.29, 1.82) is 0 Å². The van der Waals surface area contributed by atoms with E-state index < -0.39 is 0 Å². The Kier molecular flexibility index (Phi) is 7.39. The van der Waals surface area contributed by atoms with Crippen LogP contribution in [0, 0.1) is 5.92 Å². The minimum absolute atomic E-state index is 0.0164. The maximum Gasteiger partial charge on any atom is 0.227 e. The van der Waals surface area contributed by atoms with Crippen LogP contribution in [0.15, 0.2) is 36.4 Å². The van der Waals surface area contributed by atoms with E-state index in [9.17, 15) is 9.59 Å². The number of ketones is 1. The summed E-state index contributed by atoms with van der Waals surface area (Å²) in [5.74, 6) is 1.80. The monoisotopic (exact) mass is 427 g/mol. The van der Waals surface area contributed by atoms with Gasteiger partial charge in [-0.05, 0) is 42.7 Å². The fourth-order valence-corrected chi connectivity index (χ4v) is 4.01. The van der Waals surface area contributed by atoms with Gasteiger partial charge < -0.3 is 23.8 Å². The predicted octanol–water partition coefficient (Wildman–Crippen LogP) is 3.39. The lowest BCUT2D eigenvalue weighted by Gasteiger charge is -2.32. The minimum Gasteiger partial charge on any atom is -0.496 e. The quantitative estimate of drug-likeness (QED) is 0.602. The molecule has 1 saturated heterocycles. The van der Waals surface area contributed by atoms with E-state index in [1.165, 1.54) is 7.11 Å². The summed E-state index contributed by atoms with van der Waals surface area (Å²) in [6.45, 7) is 1.04. The third-order valence-electron chi connectivity index (χ3n) is 5.60. The molecule has 0 aliphatic carbocycles. The summed E-state index contributed by atoms with van der Waals surface area (Å²) >= 11 is 0. The molecule has 1 aliphatic rings. The number of para-hydroxylation sites is 1. The molecule has 7 nitrogen and oxygen atoms in total. The average molecular weight is 427 g/mol. The van der Waals surface area contributed by atoms with Crippen molar-refractivity contribution in [3.63, 3.8) is 0 Å². The number of hydrogen-bond acceptors (Lipinski definition) is 6. The number of rotatable bonds is 8. The molecule has 1 heterocycles. The van der Waals surface area contributed by atoms with Crippen LogP contribution in [-0.2, 0) is 11.2 Å². The van der Waals surface area contributed by atoms with Crippen molar-refractivity contribution < 1.29 is 28.5 Å². The molecule has 0 N–H and O–H groups in total. The van der Waals surface area contributed by atoms with Crippen molar-refractivity contribution in [2.24, 2.45) is 5.92 Å². The van der Waals surface area contributed by atoms with Gasteiger partial charge in [0, 0.05) is 19.0 Å². The van der Waals surface area contributed by atoms with Crippen LogP contribution >= 0.6 is 0 Å². The first-order valence-corrected chi connectivity index (χ1v) is 10.3. The summed E-state index contributed by atoms with van der Waals surface area (Å²) < 4.78 is 21.4. The van der Waals surface area contributed by atoms with Crippen LogP contribution in [-0.4, -0.2) is 58.1 Å². The molecular weight excluding hydrogens is 398 g/mol. The molecule has 2 aromatic rings. The molecule has 7 heteroatoms. The summed E-state index contributed by atoms with van der Waals surface area (Å²) in [7, 11) is 6.18. The highest BCUT2D eigenvalue weighted by Gasteiger charge is 2.30. The topological polar surface area (TPSA) is 74.3 Å². The highest BCUT2D eigenvalue weighted by atomic mass is 16.5. The van der Waals surface area contributed by atoms with Crippen molar-refractivity contribution in [2.75, 3.05) is 41.5 Å². The Bertz CT molecular complexity index is 916. The van der Waals surface area contributed by atoms with Gasteiger partial charge in [0.2, 0.25) is 11.7 Å². The SMILES string of the molecule is COc1ccccc1C(=O)[C@@H]1CCCN(C(=O)Cc2cc(OC)c(OC)c(OC)c2)C1. The smallest absolute Gasteiger partial charge is 0.227 e. The van der Waals surface area contributed by atoms with Gasteiger partial charge in [0.1, 0.15) is 5.75 Å². The van der Waals surface area contributed by atoms with Crippen LogP contribution in [0.3, 0.4) is 0 Å². The number of amides is 1. The third-order valence-corrected chi connectivity index (χ3v) is 5.60. The Morgan fingerprint density at radius 1 is 0.935 bits per heavy atom. The second-order valence-corrected chi connectivity index (χ2v) is 7.45. The number of hydrogen-bond donors (Lipinski definition) is 0. The lowest BCUT2D eigenvalue weighted by atomic mass is 9.89. The van der Waals surface area contributed by atoms with Gasteiger partial charge in [-0.25, -0.2) is 0 Å². The maximum absolute atomic E-state index is 13.1. The number of methoxy groups -OCH3 is 4. The molecule has 0 unspecified atom stereocenters. The average Bonchev–Trinajstić information content (AvgIpc) is 2.82. The van der Waals surface area contributed by atoms with Crippen molar-refractivity contribution in [3.8, 4) is 23.0 Å². The summed E-state index contributed by atoms with van der Waals surface area (Å²) in [4.78, 5) is 27.9. The summed E-state index contributed by atoms with van der Waals surface area (Å²) in [6.07, 6.45) is 1.73.